The molecule has 0 heterocycles. The smallest absolute Gasteiger partial charge is 0.303 e. The number of aliphatic carboxylic acids is 1. The number of anilines is 1. The normalized spacial score (nSPS) is 11.7. The second-order valence-electron chi connectivity index (χ2n) is 4.30. The van der Waals surface area contributed by atoms with Gasteiger partial charge in [-0.2, -0.15) is 0 Å². The van der Waals surface area contributed by atoms with E-state index in [-0.39, 0.29) is 24.7 Å². The summed E-state index contributed by atoms with van der Waals surface area (Å²) >= 11 is 3.32. The number of carboxylic acids is 1. The van der Waals surface area contributed by atoms with Crippen molar-refractivity contribution in [1.29, 1.82) is 0 Å². The molecule has 0 spiro atoms. The van der Waals surface area contributed by atoms with Gasteiger partial charge in [-0.1, -0.05) is 6.92 Å². The van der Waals surface area contributed by atoms with Crippen LogP contribution < -0.4 is 10.1 Å². The van der Waals surface area contributed by atoms with E-state index in [0.29, 0.717) is 11.4 Å². The van der Waals surface area contributed by atoms with Crippen LogP contribution in [0.4, 0.5) is 5.69 Å². The number of carbonyl (C=O) groups is 2. The monoisotopic (exact) mass is 329 g/mol. The van der Waals surface area contributed by atoms with Crippen LogP contribution in [0.3, 0.4) is 0 Å². The number of hydrogen-bond donors (Lipinski definition) is 2. The summed E-state index contributed by atoms with van der Waals surface area (Å²) in [4.78, 5) is 22.2. The molecule has 1 aromatic carbocycles. The summed E-state index contributed by atoms with van der Waals surface area (Å²) in [7, 11) is 1.54. The zero-order chi connectivity index (χ0) is 14.4. The third kappa shape index (κ3) is 5.30. The van der Waals surface area contributed by atoms with Crippen molar-refractivity contribution in [1.82, 2.24) is 0 Å². The molecule has 0 aliphatic rings. The molecule has 0 saturated carbocycles. The molecule has 0 aromatic heterocycles. The van der Waals surface area contributed by atoms with Crippen LogP contribution in [0, 0.1) is 5.92 Å². The lowest BCUT2D eigenvalue weighted by atomic mass is 10.0. The standard InChI is InChI=1S/C13H16BrNO4/c1-8(6-13(17)18)5-12(16)15-9-3-4-10(14)11(7-9)19-2/h3-4,7-8H,5-6H2,1-2H3,(H,15,16)(H,17,18). The zero-order valence-electron chi connectivity index (χ0n) is 10.8. The van der Waals surface area contributed by atoms with Crippen LogP contribution in [0.5, 0.6) is 5.75 Å². The fraction of sp³-hybridized carbons (Fsp3) is 0.385. The summed E-state index contributed by atoms with van der Waals surface area (Å²) in [5, 5.41) is 11.3. The number of ether oxygens (including phenoxy) is 1. The van der Waals surface area contributed by atoms with E-state index in [2.05, 4.69) is 21.2 Å². The maximum atomic E-state index is 11.7. The summed E-state index contributed by atoms with van der Waals surface area (Å²) in [5.74, 6) is -0.685. The van der Waals surface area contributed by atoms with E-state index in [1.807, 2.05) is 0 Å². The highest BCUT2D eigenvalue weighted by atomic mass is 79.9. The number of nitrogens with one attached hydrogen (secondary N) is 1. The molecule has 1 unspecified atom stereocenters. The molecule has 0 saturated heterocycles. The number of carboxylic acid groups (broad SMARTS) is 1. The fourth-order valence-corrected chi connectivity index (χ4v) is 2.04. The first-order valence-corrected chi connectivity index (χ1v) is 6.57. The Labute approximate surface area is 120 Å². The Morgan fingerprint density at radius 3 is 2.68 bits per heavy atom. The van der Waals surface area contributed by atoms with E-state index in [0.717, 1.165) is 4.47 Å². The van der Waals surface area contributed by atoms with Gasteiger partial charge in [0.05, 0.1) is 11.6 Å². The van der Waals surface area contributed by atoms with Crippen molar-refractivity contribution in [2.75, 3.05) is 12.4 Å². The van der Waals surface area contributed by atoms with E-state index >= 15 is 0 Å². The number of carbonyl (C=O) groups excluding carboxylic acids is 1. The van der Waals surface area contributed by atoms with Crippen molar-refractivity contribution in [2.24, 2.45) is 5.92 Å². The van der Waals surface area contributed by atoms with Crippen LogP contribution in [-0.4, -0.2) is 24.1 Å². The van der Waals surface area contributed by atoms with Crippen LogP contribution in [0.2, 0.25) is 0 Å². The average Bonchev–Trinajstić information content (AvgIpc) is 2.30. The Kier molecular flexibility index (Phi) is 5.82. The van der Waals surface area contributed by atoms with Crippen molar-refractivity contribution in [2.45, 2.75) is 19.8 Å². The molecule has 104 valence electrons. The van der Waals surface area contributed by atoms with Crippen LogP contribution in [0.15, 0.2) is 22.7 Å². The first-order valence-electron chi connectivity index (χ1n) is 5.77. The third-order valence-electron chi connectivity index (χ3n) is 2.49. The first-order chi connectivity index (χ1) is 8.92. The highest BCUT2D eigenvalue weighted by Gasteiger charge is 2.13. The first kappa shape index (κ1) is 15.5. The zero-order valence-corrected chi connectivity index (χ0v) is 12.4. The average molecular weight is 330 g/mol. The van der Waals surface area contributed by atoms with Gasteiger partial charge in [0.2, 0.25) is 5.91 Å². The summed E-state index contributed by atoms with van der Waals surface area (Å²) < 4.78 is 5.92. The highest BCUT2D eigenvalue weighted by Crippen LogP contribution is 2.28. The van der Waals surface area contributed by atoms with Crippen molar-refractivity contribution < 1.29 is 19.4 Å². The maximum Gasteiger partial charge on any atom is 0.303 e. The minimum absolute atomic E-state index is 0.0168. The Balaban J connectivity index is 2.59. The van der Waals surface area contributed by atoms with E-state index in [4.69, 9.17) is 9.84 Å². The van der Waals surface area contributed by atoms with E-state index < -0.39 is 5.97 Å². The van der Waals surface area contributed by atoms with Gasteiger partial charge in [-0.05, 0) is 34.0 Å². The van der Waals surface area contributed by atoms with Crippen LogP contribution in [-0.2, 0) is 9.59 Å². The number of benzene rings is 1. The van der Waals surface area contributed by atoms with Gasteiger partial charge in [0, 0.05) is 24.6 Å². The van der Waals surface area contributed by atoms with E-state index in [9.17, 15) is 9.59 Å². The van der Waals surface area contributed by atoms with Gasteiger partial charge >= 0.3 is 5.97 Å². The molecule has 0 radical (unpaired) electrons. The lowest BCUT2D eigenvalue weighted by Gasteiger charge is -2.11. The molecule has 1 rings (SSSR count). The predicted octanol–water partition coefficient (Wildman–Crippen LogP) is 2.90. The molecular formula is C13H16BrNO4. The Bertz CT molecular complexity index is 476. The number of amides is 1. The lowest BCUT2D eigenvalue weighted by molar-refractivity contribution is -0.138. The highest BCUT2D eigenvalue weighted by molar-refractivity contribution is 9.10. The Morgan fingerprint density at radius 1 is 1.42 bits per heavy atom. The molecule has 19 heavy (non-hydrogen) atoms. The number of methoxy groups -OCH3 is 1. The maximum absolute atomic E-state index is 11.7. The molecule has 2 N–H and O–H groups in total. The molecule has 1 aromatic rings. The van der Waals surface area contributed by atoms with Gasteiger partial charge in [-0.3, -0.25) is 9.59 Å². The van der Waals surface area contributed by atoms with Crippen LogP contribution >= 0.6 is 15.9 Å². The van der Waals surface area contributed by atoms with E-state index in [1.165, 1.54) is 0 Å². The molecule has 6 heteroatoms. The minimum atomic E-state index is -0.898. The molecule has 1 amide bonds. The fourth-order valence-electron chi connectivity index (χ4n) is 1.64. The number of rotatable bonds is 6. The SMILES string of the molecule is COc1cc(NC(=O)CC(C)CC(=O)O)ccc1Br. The molecule has 0 aliphatic carbocycles. The Morgan fingerprint density at radius 2 is 2.11 bits per heavy atom. The second-order valence-corrected chi connectivity index (χ2v) is 5.16. The number of hydrogen-bond acceptors (Lipinski definition) is 3. The van der Waals surface area contributed by atoms with Gasteiger partial charge < -0.3 is 15.2 Å². The lowest BCUT2D eigenvalue weighted by Crippen LogP contribution is -2.17. The molecule has 0 fully saturated rings. The van der Waals surface area contributed by atoms with E-state index in [1.54, 1.807) is 32.2 Å². The van der Waals surface area contributed by atoms with Gasteiger partial charge in [0.25, 0.3) is 0 Å². The Hall–Kier alpha value is -1.56. The van der Waals surface area contributed by atoms with Gasteiger partial charge in [-0.15, -0.1) is 0 Å². The largest absolute Gasteiger partial charge is 0.495 e. The van der Waals surface area contributed by atoms with Gasteiger partial charge in [0.15, 0.2) is 0 Å². The summed E-state index contributed by atoms with van der Waals surface area (Å²) in [5.41, 5.74) is 0.618. The predicted molar refractivity (Wildman–Crippen MR) is 75.4 cm³/mol. The van der Waals surface area contributed by atoms with Gasteiger partial charge in [-0.25, -0.2) is 0 Å². The molecule has 1 atom stereocenters. The van der Waals surface area contributed by atoms with Crippen molar-refractivity contribution in [3.8, 4) is 5.75 Å². The van der Waals surface area contributed by atoms with Crippen molar-refractivity contribution >= 4 is 33.5 Å². The van der Waals surface area contributed by atoms with Crippen molar-refractivity contribution in [3.63, 3.8) is 0 Å². The summed E-state index contributed by atoms with van der Waals surface area (Å²) in [6, 6.07) is 5.21. The third-order valence-corrected chi connectivity index (χ3v) is 3.15. The summed E-state index contributed by atoms with van der Waals surface area (Å²) in [6.07, 6.45) is 0.155. The second kappa shape index (κ2) is 7.13. The quantitative estimate of drug-likeness (QED) is 0.841. The van der Waals surface area contributed by atoms with Gasteiger partial charge in [0.1, 0.15) is 5.75 Å². The molecule has 0 aliphatic heterocycles. The molecule has 0 bridgehead atoms. The molecular weight excluding hydrogens is 314 g/mol. The summed E-state index contributed by atoms with van der Waals surface area (Å²) in [6.45, 7) is 1.73. The number of halogens is 1. The van der Waals surface area contributed by atoms with Crippen molar-refractivity contribution in [3.05, 3.63) is 22.7 Å². The molecule has 5 nitrogen and oxygen atoms in total. The van der Waals surface area contributed by atoms with Crippen LogP contribution in [0.25, 0.3) is 0 Å². The topological polar surface area (TPSA) is 75.6 Å². The van der Waals surface area contributed by atoms with Crippen LogP contribution in [0.1, 0.15) is 19.8 Å². The minimum Gasteiger partial charge on any atom is -0.495 e.